The third-order valence-electron chi connectivity index (χ3n) is 2.40. The first-order chi connectivity index (χ1) is 8.33. The van der Waals surface area contributed by atoms with Gasteiger partial charge in [-0.15, -0.1) is 5.10 Å². The van der Waals surface area contributed by atoms with Crippen molar-refractivity contribution in [3.63, 3.8) is 0 Å². The Kier molecular flexibility index (Phi) is 2.49. The summed E-state index contributed by atoms with van der Waals surface area (Å²) >= 11 is 1.01. The third kappa shape index (κ3) is 1.99. The van der Waals surface area contributed by atoms with E-state index in [1.807, 2.05) is 0 Å². The first-order valence-corrected chi connectivity index (χ1v) is 5.69. The third-order valence-corrected chi connectivity index (χ3v) is 2.91. The average Bonchev–Trinajstić information content (AvgIpc) is 2.85. The minimum absolute atomic E-state index is 0.257. The van der Waals surface area contributed by atoms with Crippen molar-refractivity contribution >= 4 is 22.6 Å². The fourth-order valence-corrected chi connectivity index (χ4v) is 1.72. The maximum atomic E-state index is 11.7. The summed E-state index contributed by atoms with van der Waals surface area (Å²) in [6.45, 7) is 1.70. The molecule has 3 heterocycles. The van der Waals surface area contributed by atoms with E-state index in [1.165, 1.54) is 0 Å². The second kappa shape index (κ2) is 4.14. The summed E-state index contributed by atoms with van der Waals surface area (Å²) in [5, 5.41) is 20.7. The molecule has 1 saturated heterocycles. The number of aromatic nitrogens is 6. The lowest BCUT2D eigenvalue weighted by atomic mass is 10.2. The van der Waals surface area contributed by atoms with Gasteiger partial charge >= 0.3 is 0 Å². The lowest BCUT2D eigenvalue weighted by molar-refractivity contribution is 0.102. The molecule has 0 unspecified atom stereocenters. The van der Waals surface area contributed by atoms with Crippen molar-refractivity contribution in [1.82, 2.24) is 35.1 Å². The van der Waals surface area contributed by atoms with E-state index in [0.717, 1.165) is 24.6 Å². The van der Waals surface area contributed by atoms with Crippen LogP contribution < -0.4 is 10.6 Å². The molecule has 2 aromatic heterocycles. The predicted molar refractivity (Wildman–Crippen MR) is 57.6 cm³/mol. The summed E-state index contributed by atoms with van der Waals surface area (Å²) in [7, 11) is 0. The van der Waals surface area contributed by atoms with E-state index in [0.29, 0.717) is 5.13 Å². The number of amides is 1. The molecule has 9 nitrogen and oxygen atoms in total. The van der Waals surface area contributed by atoms with Crippen LogP contribution in [-0.2, 0) is 0 Å². The lowest BCUT2D eigenvalue weighted by Crippen LogP contribution is -2.43. The maximum absolute atomic E-state index is 11.7. The zero-order valence-electron chi connectivity index (χ0n) is 8.57. The summed E-state index contributed by atoms with van der Waals surface area (Å²) in [5.41, 5.74) is 0.257. The van der Waals surface area contributed by atoms with E-state index in [9.17, 15) is 4.79 Å². The smallest absolute Gasteiger partial charge is 0.279 e. The van der Waals surface area contributed by atoms with Crippen molar-refractivity contribution in [3.05, 3.63) is 11.9 Å². The number of carbonyl (C=O) groups excluding carboxylic acids is 1. The van der Waals surface area contributed by atoms with Gasteiger partial charge < -0.3 is 5.32 Å². The molecule has 0 aromatic carbocycles. The number of hydrogen-bond donors (Lipinski definition) is 2. The summed E-state index contributed by atoms with van der Waals surface area (Å²) in [6.07, 6.45) is 1.62. The van der Waals surface area contributed by atoms with Crippen LogP contribution >= 0.6 is 11.5 Å². The zero-order valence-corrected chi connectivity index (χ0v) is 9.39. The normalized spacial score (nSPS) is 15.5. The van der Waals surface area contributed by atoms with E-state index in [2.05, 4.69) is 35.7 Å². The molecule has 10 heteroatoms. The van der Waals surface area contributed by atoms with E-state index < -0.39 is 0 Å². The average molecular weight is 252 g/mol. The lowest BCUT2D eigenvalue weighted by Gasteiger charge is -2.26. The van der Waals surface area contributed by atoms with Gasteiger partial charge in [0, 0.05) is 24.6 Å². The van der Waals surface area contributed by atoms with Crippen LogP contribution in [0.25, 0.3) is 0 Å². The van der Waals surface area contributed by atoms with E-state index in [1.54, 1.807) is 10.9 Å². The van der Waals surface area contributed by atoms with Gasteiger partial charge in [-0.25, -0.2) is 4.68 Å². The van der Waals surface area contributed by atoms with Crippen LogP contribution in [0, 0.1) is 0 Å². The first kappa shape index (κ1) is 10.2. The van der Waals surface area contributed by atoms with Crippen LogP contribution in [0.15, 0.2) is 6.20 Å². The topological polar surface area (TPSA) is 111 Å². The van der Waals surface area contributed by atoms with Crippen molar-refractivity contribution in [1.29, 1.82) is 0 Å². The Morgan fingerprint density at radius 1 is 1.53 bits per heavy atom. The molecule has 1 fully saturated rings. The van der Waals surface area contributed by atoms with Gasteiger partial charge in [0.2, 0.25) is 5.13 Å². The van der Waals surface area contributed by atoms with Gasteiger partial charge in [-0.1, -0.05) is 14.8 Å². The highest BCUT2D eigenvalue weighted by Gasteiger charge is 2.21. The van der Waals surface area contributed by atoms with Gasteiger partial charge in [-0.05, 0) is 5.21 Å². The second-order valence-corrected chi connectivity index (χ2v) is 4.25. The number of nitrogens with zero attached hydrogens (tertiary/aromatic N) is 6. The van der Waals surface area contributed by atoms with Crippen molar-refractivity contribution in [2.24, 2.45) is 0 Å². The zero-order chi connectivity index (χ0) is 11.7. The summed E-state index contributed by atoms with van der Waals surface area (Å²) in [5.74, 6) is -0.359. The molecule has 0 bridgehead atoms. The largest absolute Gasteiger partial charge is 0.312 e. The summed E-state index contributed by atoms with van der Waals surface area (Å²) in [4.78, 5) is 11.7. The van der Waals surface area contributed by atoms with Gasteiger partial charge in [0.05, 0.1) is 12.2 Å². The van der Waals surface area contributed by atoms with Crippen LogP contribution in [0.1, 0.15) is 16.5 Å². The van der Waals surface area contributed by atoms with Crippen LogP contribution in [0.2, 0.25) is 0 Å². The molecule has 2 aromatic rings. The van der Waals surface area contributed by atoms with Gasteiger partial charge in [0.1, 0.15) is 0 Å². The van der Waals surface area contributed by atoms with Gasteiger partial charge in [0.15, 0.2) is 5.69 Å². The van der Waals surface area contributed by atoms with E-state index >= 15 is 0 Å². The Bertz CT molecular complexity index is 518. The Balaban J connectivity index is 1.70. The Labute approximate surface area is 99.4 Å². The van der Waals surface area contributed by atoms with Crippen LogP contribution in [0.3, 0.4) is 0 Å². The van der Waals surface area contributed by atoms with Crippen LogP contribution in [0.5, 0.6) is 0 Å². The highest BCUT2D eigenvalue weighted by atomic mass is 32.1. The molecular weight excluding hydrogens is 244 g/mol. The number of nitrogens with one attached hydrogen (secondary N) is 2. The van der Waals surface area contributed by atoms with E-state index in [4.69, 9.17) is 0 Å². The highest BCUT2D eigenvalue weighted by molar-refractivity contribution is 7.09. The first-order valence-electron chi connectivity index (χ1n) is 4.92. The molecule has 1 aliphatic rings. The summed E-state index contributed by atoms with van der Waals surface area (Å²) < 4.78 is 5.23. The fourth-order valence-electron chi connectivity index (χ4n) is 1.36. The minimum Gasteiger partial charge on any atom is -0.312 e. The molecular formula is C7H8N8OS. The molecule has 1 aliphatic heterocycles. The van der Waals surface area contributed by atoms with Gasteiger partial charge in [-0.3, -0.25) is 10.1 Å². The molecule has 0 aliphatic carbocycles. The molecule has 0 radical (unpaired) electrons. The van der Waals surface area contributed by atoms with E-state index in [-0.39, 0.29) is 17.6 Å². The van der Waals surface area contributed by atoms with Crippen LogP contribution in [-0.4, -0.2) is 48.8 Å². The Morgan fingerprint density at radius 2 is 2.41 bits per heavy atom. The quantitative estimate of drug-likeness (QED) is 0.714. The summed E-state index contributed by atoms with van der Waals surface area (Å²) in [6, 6.07) is 0.284. The number of carbonyl (C=O) groups is 1. The van der Waals surface area contributed by atoms with Crippen molar-refractivity contribution < 1.29 is 4.79 Å². The van der Waals surface area contributed by atoms with Crippen molar-refractivity contribution in [3.8, 4) is 0 Å². The molecule has 0 spiro atoms. The minimum atomic E-state index is -0.359. The molecule has 1 amide bonds. The molecule has 3 rings (SSSR count). The second-order valence-electron chi connectivity index (χ2n) is 3.52. The SMILES string of the molecule is O=C(Nc1nnns1)c1cn(C2CNC2)nn1. The number of hydrogen-bond acceptors (Lipinski definition) is 8. The Hall–Kier alpha value is -1.94. The molecule has 0 saturated carbocycles. The molecule has 88 valence electrons. The van der Waals surface area contributed by atoms with Crippen LogP contribution in [0.4, 0.5) is 5.13 Å². The Morgan fingerprint density at radius 3 is 3.06 bits per heavy atom. The number of rotatable bonds is 3. The number of anilines is 1. The maximum Gasteiger partial charge on any atom is 0.279 e. The molecule has 2 N–H and O–H groups in total. The fraction of sp³-hybridized carbons (Fsp3) is 0.429. The highest BCUT2D eigenvalue weighted by Crippen LogP contribution is 2.11. The van der Waals surface area contributed by atoms with Gasteiger partial charge in [-0.2, -0.15) is 0 Å². The molecule has 17 heavy (non-hydrogen) atoms. The monoisotopic (exact) mass is 252 g/mol. The van der Waals surface area contributed by atoms with Crippen molar-refractivity contribution in [2.45, 2.75) is 6.04 Å². The van der Waals surface area contributed by atoms with Gasteiger partial charge in [0.25, 0.3) is 5.91 Å². The predicted octanol–water partition coefficient (Wildman–Crippen LogP) is -1.08. The molecule has 0 atom stereocenters. The standard InChI is InChI=1S/C7H8N8OS/c16-6(9-7-11-12-14-17-7)5-3-15(13-10-5)4-1-8-2-4/h3-4,8H,1-2H2,(H,9,11,14,16). The van der Waals surface area contributed by atoms with Crippen molar-refractivity contribution in [2.75, 3.05) is 18.4 Å².